The van der Waals surface area contributed by atoms with E-state index in [2.05, 4.69) is 0 Å². The zero-order valence-corrected chi connectivity index (χ0v) is 18.6. The Balaban J connectivity index is 1.91. The fourth-order valence-corrected chi connectivity index (χ4v) is 3.88. The first-order valence-corrected chi connectivity index (χ1v) is 10.5. The first-order chi connectivity index (χ1) is 17.0. The second kappa shape index (κ2) is 9.25. The van der Waals surface area contributed by atoms with Gasteiger partial charge in [-0.3, -0.25) is 0 Å². The molecule has 4 aromatic rings. The molecule has 0 aliphatic rings. The van der Waals surface area contributed by atoms with Crippen LogP contribution in [0.25, 0.3) is 0 Å². The molecule has 0 radical (unpaired) electrons. The topological polar surface area (TPSA) is 187 Å². The summed E-state index contributed by atoms with van der Waals surface area (Å²) in [5.41, 5.74) is -2.50. The molecule has 4 rings (SSSR count). The number of nitrogens with zero attached hydrogens (tertiary/aromatic N) is 3. The highest BCUT2D eigenvalue weighted by Crippen LogP contribution is 2.22. The molecule has 0 bridgehead atoms. The van der Waals surface area contributed by atoms with E-state index in [4.69, 9.17) is 0 Å². The van der Waals surface area contributed by atoms with Gasteiger partial charge in [-0.05, 0) is 53.1 Å². The average Bonchev–Trinajstić information content (AvgIpc) is 2.75. The fourth-order valence-electron chi connectivity index (χ4n) is 3.88. The molecule has 1 heterocycles. The Bertz CT molecular complexity index is 1370. The van der Waals surface area contributed by atoms with Crippen molar-refractivity contribution < 1.29 is 30.6 Å². The van der Waals surface area contributed by atoms with Gasteiger partial charge < -0.3 is 30.6 Å². The number of hydrogen-bond acceptors (Lipinski definition) is 9. The average molecular weight is 495 g/mol. The molecular weight excluding hydrogens is 474 g/mol. The van der Waals surface area contributed by atoms with E-state index in [1.54, 1.807) is 0 Å². The van der Waals surface area contributed by atoms with Crippen molar-refractivity contribution >= 4 is 0 Å². The number of aromatic nitrogens is 3. The van der Waals surface area contributed by atoms with Crippen LogP contribution in [0, 0.1) is 0 Å². The molecule has 6 N–H and O–H groups in total. The van der Waals surface area contributed by atoms with Gasteiger partial charge in [0.25, 0.3) is 0 Å². The van der Waals surface area contributed by atoms with Crippen molar-refractivity contribution in [2.24, 2.45) is 0 Å². The highest BCUT2D eigenvalue weighted by atomic mass is 16.3. The maximum absolute atomic E-state index is 13.3. The highest BCUT2D eigenvalue weighted by Gasteiger charge is 2.18. The monoisotopic (exact) mass is 495 g/mol. The van der Waals surface area contributed by atoms with Gasteiger partial charge in [-0.15, -0.1) is 0 Å². The van der Waals surface area contributed by atoms with Crippen molar-refractivity contribution in [1.82, 2.24) is 13.7 Å². The van der Waals surface area contributed by atoms with E-state index in [1.165, 1.54) is 36.4 Å². The molecule has 0 aliphatic heterocycles. The molecule has 1 aromatic heterocycles. The zero-order chi connectivity index (χ0) is 26.1. The van der Waals surface area contributed by atoms with Gasteiger partial charge in [0.05, 0.1) is 19.6 Å². The third kappa shape index (κ3) is 5.01. The maximum Gasteiger partial charge on any atom is 0.336 e. The van der Waals surface area contributed by atoms with Crippen molar-refractivity contribution in [2.45, 2.75) is 19.6 Å². The lowest BCUT2D eigenvalue weighted by molar-refractivity contribution is 0.445. The summed E-state index contributed by atoms with van der Waals surface area (Å²) >= 11 is 0. The van der Waals surface area contributed by atoms with Gasteiger partial charge in [-0.1, -0.05) is 0 Å². The Morgan fingerprint density at radius 2 is 0.583 bits per heavy atom. The molecule has 0 saturated carbocycles. The normalized spacial score (nSPS) is 11.0. The van der Waals surface area contributed by atoms with Gasteiger partial charge in [-0.2, -0.15) is 0 Å². The summed E-state index contributed by atoms with van der Waals surface area (Å²) in [6, 6.07) is 10.6. The number of aromatic hydroxyl groups is 6. The molecule has 36 heavy (non-hydrogen) atoms. The molecule has 0 atom stereocenters. The van der Waals surface area contributed by atoms with Crippen molar-refractivity contribution in [2.75, 3.05) is 0 Å². The number of phenolic OH excluding ortho intramolecular Hbond substituents is 6. The Kier molecular flexibility index (Phi) is 6.17. The lowest BCUT2D eigenvalue weighted by Gasteiger charge is -2.15. The van der Waals surface area contributed by atoms with Crippen molar-refractivity contribution in [1.29, 1.82) is 0 Å². The van der Waals surface area contributed by atoms with E-state index in [0.29, 0.717) is 13.7 Å². The molecule has 12 heteroatoms. The summed E-state index contributed by atoms with van der Waals surface area (Å²) in [4.78, 5) is 39.8. The van der Waals surface area contributed by atoms with Gasteiger partial charge in [-0.25, -0.2) is 28.1 Å². The highest BCUT2D eigenvalue weighted by molar-refractivity contribution is 5.38. The summed E-state index contributed by atoms with van der Waals surface area (Å²) in [5.74, 6) is -1.85. The first-order valence-electron chi connectivity index (χ1n) is 10.5. The van der Waals surface area contributed by atoms with Crippen molar-refractivity contribution in [3.63, 3.8) is 0 Å². The molecular formula is C24H21N3O9. The Labute approximate surface area is 201 Å². The van der Waals surface area contributed by atoms with E-state index < -0.39 is 36.7 Å². The van der Waals surface area contributed by atoms with Crippen LogP contribution in [0.5, 0.6) is 34.5 Å². The molecule has 3 aromatic carbocycles. The van der Waals surface area contributed by atoms with Gasteiger partial charge in [0.2, 0.25) is 0 Å². The van der Waals surface area contributed by atoms with Crippen LogP contribution in [0.15, 0.2) is 69.0 Å². The van der Waals surface area contributed by atoms with E-state index in [-0.39, 0.29) is 51.2 Å². The molecule has 186 valence electrons. The van der Waals surface area contributed by atoms with Crippen LogP contribution in [-0.4, -0.2) is 44.3 Å². The second-order valence-corrected chi connectivity index (χ2v) is 8.18. The first kappa shape index (κ1) is 24.0. The van der Waals surface area contributed by atoms with Crippen molar-refractivity contribution in [3.8, 4) is 34.5 Å². The molecule has 0 unspecified atom stereocenters. The lowest BCUT2D eigenvalue weighted by Crippen LogP contribution is -2.54. The minimum Gasteiger partial charge on any atom is -0.508 e. The molecule has 0 spiro atoms. The van der Waals surface area contributed by atoms with Crippen LogP contribution in [0.3, 0.4) is 0 Å². The number of phenols is 6. The summed E-state index contributed by atoms with van der Waals surface area (Å²) in [7, 11) is 0. The Morgan fingerprint density at radius 3 is 0.778 bits per heavy atom. The lowest BCUT2D eigenvalue weighted by atomic mass is 10.2. The number of rotatable bonds is 6. The van der Waals surface area contributed by atoms with E-state index in [0.717, 1.165) is 18.2 Å². The fraction of sp³-hybridized carbons (Fsp3) is 0.125. The molecule has 12 nitrogen and oxygen atoms in total. The van der Waals surface area contributed by atoms with Gasteiger partial charge >= 0.3 is 17.1 Å². The minimum atomic E-state index is -1.02. The van der Waals surface area contributed by atoms with Crippen LogP contribution in [-0.2, 0) is 19.6 Å². The predicted molar refractivity (Wildman–Crippen MR) is 126 cm³/mol. The molecule has 0 amide bonds. The summed E-state index contributed by atoms with van der Waals surface area (Å²) in [6.45, 7) is -1.26. The second-order valence-electron chi connectivity index (χ2n) is 8.18. The summed E-state index contributed by atoms with van der Waals surface area (Å²) in [5, 5.41) is 58.7. The quantitative estimate of drug-likeness (QED) is 0.222. The zero-order valence-electron chi connectivity index (χ0n) is 18.6. The SMILES string of the molecule is O=c1n(Cc2cc(O)cc(O)c2)c(=O)n(Cc2cc(O)cc(O)c2)c(=O)n1Cc1cc(O)cc(O)c1. The van der Waals surface area contributed by atoms with Gasteiger partial charge in [0.1, 0.15) is 34.5 Å². The molecule has 0 saturated heterocycles. The Morgan fingerprint density at radius 1 is 0.389 bits per heavy atom. The van der Waals surface area contributed by atoms with Crippen LogP contribution in [0.4, 0.5) is 0 Å². The van der Waals surface area contributed by atoms with Crippen molar-refractivity contribution in [3.05, 3.63) is 103 Å². The van der Waals surface area contributed by atoms with E-state index in [9.17, 15) is 45.0 Å². The molecule has 0 fully saturated rings. The van der Waals surface area contributed by atoms with Crippen LogP contribution in [0.1, 0.15) is 16.7 Å². The van der Waals surface area contributed by atoms with Crippen LogP contribution < -0.4 is 17.1 Å². The van der Waals surface area contributed by atoms with Crippen LogP contribution >= 0.6 is 0 Å². The number of hydrogen-bond donors (Lipinski definition) is 6. The number of benzene rings is 3. The molecule has 0 aliphatic carbocycles. The Hall–Kier alpha value is -5.13. The largest absolute Gasteiger partial charge is 0.508 e. The maximum atomic E-state index is 13.3. The summed E-state index contributed by atoms with van der Waals surface area (Å²) in [6.07, 6.45) is 0. The van der Waals surface area contributed by atoms with Gasteiger partial charge in [0.15, 0.2) is 0 Å². The standard InChI is InChI=1S/C24H21N3O9/c28-16-1-13(2-17(29)7-16)10-25-22(34)26(11-14-3-18(30)8-19(31)4-14)24(36)27(23(25)35)12-15-5-20(32)9-21(33)6-15/h1-9,28-33H,10-12H2. The predicted octanol–water partition coefficient (Wildman–Crippen LogP) is 0.550. The van der Waals surface area contributed by atoms with E-state index in [1.807, 2.05) is 0 Å². The minimum absolute atomic E-state index is 0.188. The van der Waals surface area contributed by atoms with Crippen LogP contribution in [0.2, 0.25) is 0 Å². The third-order valence-corrected chi connectivity index (χ3v) is 5.29. The smallest absolute Gasteiger partial charge is 0.336 e. The van der Waals surface area contributed by atoms with Gasteiger partial charge in [0, 0.05) is 18.2 Å². The summed E-state index contributed by atoms with van der Waals surface area (Å²) < 4.78 is 2.13. The van der Waals surface area contributed by atoms with E-state index >= 15 is 0 Å². The third-order valence-electron chi connectivity index (χ3n) is 5.29.